The standard InChI is InChI=1S/C15H11ClOS/c1-17-13-6-7-14-11(8-13)9-15(18-14)10-2-4-12(16)5-3-10/h2-9H,1H3. The van der Waals surface area contributed by atoms with Crippen LogP contribution in [-0.4, -0.2) is 7.11 Å². The van der Waals surface area contributed by atoms with E-state index in [4.69, 9.17) is 16.3 Å². The molecule has 0 fully saturated rings. The Labute approximate surface area is 115 Å². The van der Waals surface area contributed by atoms with Crippen LogP contribution in [0.2, 0.25) is 5.02 Å². The molecular weight excluding hydrogens is 264 g/mol. The zero-order valence-corrected chi connectivity index (χ0v) is 11.4. The number of hydrogen-bond donors (Lipinski definition) is 0. The fourth-order valence-electron chi connectivity index (χ4n) is 1.90. The monoisotopic (exact) mass is 274 g/mol. The van der Waals surface area contributed by atoms with Gasteiger partial charge in [0, 0.05) is 14.6 Å². The van der Waals surface area contributed by atoms with Crippen LogP contribution >= 0.6 is 22.9 Å². The number of benzene rings is 2. The number of thiophene rings is 1. The summed E-state index contributed by atoms with van der Waals surface area (Å²) in [6.07, 6.45) is 0. The fraction of sp³-hybridized carbons (Fsp3) is 0.0667. The quantitative estimate of drug-likeness (QED) is 0.622. The van der Waals surface area contributed by atoms with Crippen molar-refractivity contribution < 1.29 is 4.74 Å². The van der Waals surface area contributed by atoms with E-state index >= 15 is 0 Å². The molecule has 0 radical (unpaired) electrons. The maximum atomic E-state index is 5.90. The van der Waals surface area contributed by atoms with E-state index in [1.807, 2.05) is 30.3 Å². The van der Waals surface area contributed by atoms with Crippen LogP contribution in [0.3, 0.4) is 0 Å². The molecule has 3 rings (SSSR count). The van der Waals surface area contributed by atoms with Crippen LogP contribution in [0, 0.1) is 0 Å². The highest BCUT2D eigenvalue weighted by Gasteiger charge is 2.05. The van der Waals surface area contributed by atoms with Crippen LogP contribution in [0.1, 0.15) is 0 Å². The average molecular weight is 275 g/mol. The van der Waals surface area contributed by atoms with Gasteiger partial charge in [0.05, 0.1) is 7.11 Å². The molecule has 0 saturated carbocycles. The van der Waals surface area contributed by atoms with Gasteiger partial charge in [-0.15, -0.1) is 11.3 Å². The number of hydrogen-bond acceptors (Lipinski definition) is 2. The van der Waals surface area contributed by atoms with E-state index in [9.17, 15) is 0 Å². The molecule has 0 atom stereocenters. The number of fused-ring (bicyclic) bond motifs is 1. The van der Waals surface area contributed by atoms with E-state index in [0.29, 0.717) is 0 Å². The highest BCUT2D eigenvalue weighted by atomic mass is 35.5. The summed E-state index contributed by atoms with van der Waals surface area (Å²) in [5.41, 5.74) is 1.19. The molecule has 0 bridgehead atoms. The zero-order chi connectivity index (χ0) is 12.5. The second kappa shape index (κ2) is 4.63. The lowest BCUT2D eigenvalue weighted by Gasteiger charge is -1.97. The van der Waals surface area contributed by atoms with Gasteiger partial charge in [-0.2, -0.15) is 0 Å². The van der Waals surface area contributed by atoms with Gasteiger partial charge < -0.3 is 4.74 Å². The Hall–Kier alpha value is -1.51. The molecule has 3 aromatic rings. The average Bonchev–Trinajstić information content (AvgIpc) is 2.82. The molecule has 1 nitrogen and oxygen atoms in total. The minimum Gasteiger partial charge on any atom is -0.497 e. The summed E-state index contributed by atoms with van der Waals surface area (Å²) >= 11 is 7.68. The lowest BCUT2D eigenvalue weighted by Crippen LogP contribution is -1.79. The lowest BCUT2D eigenvalue weighted by molar-refractivity contribution is 0.415. The number of halogens is 1. The van der Waals surface area contributed by atoms with E-state index in [2.05, 4.69) is 18.2 Å². The van der Waals surface area contributed by atoms with E-state index in [1.165, 1.54) is 20.5 Å². The molecule has 0 aliphatic carbocycles. The van der Waals surface area contributed by atoms with Gasteiger partial charge in [0.15, 0.2) is 0 Å². The normalized spacial score (nSPS) is 10.8. The molecule has 0 spiro atoms. The highest BCUT2D eigenvalue weighted by Crippen LogP contribution is 2.35. The predicted molar refractivity (Wildman–Crippen MR) is 78.8 cm³/mol. The van der Waals surface area contributed by atoms with Crippen molar-refractivity contribution in [3.05, 3.63) is 53.6 Å². The van der Waals surface area contributed by atoms with Crippen molar-refractivity contribution in [3.8, 4) is 16.2 Å². The zero-order valence-electron chi connectivity index (χ0n) is 9.81. The Kier molecular flexibility index (Phi) is 2.98. The number of ether oxygens (including phenoxy) is 1. The molecule has 3 heteroatoms. The molecule has 90 valence electrons. The summed E-state index contributed by atoms with van der Waals surface area (Å²) in [6.45, 7) is 0. The van der Waals surface area contributed by atoms with E-state index in [-0.39, 0.29) is 0 Å². The van der Waals surface area contributed by atoms with Crippen molar-refractivity contribution in [2.75, 3.05) is 7.11 Å². The highest BCUT2D eigenvalue weighted by molar-refractivity contribution is 7.22. The minimum atomic E-state index is 0.765. The predicted octanol–water partition coefficient (Wildman–Crippen LogP) is 5.23. The maximum Gasteiger partial charge on any atom is 0.119 e. The first-order valence-corrected chi connectivity index (χ1v) is 6.79. The third kappa shape index (κ3) is 2.09. The van der Waals surface area contributed by atoms with E-state index < -0.39 is 0 Å². The summed E-state index contributed by atoms with van der Waals surface area (Å²) in [4.78, 5) is 1.25. The molecule has 0 unspecified atom stereocenters. The smallest absolute Gasteiger partial charge is 0.119 e. The van der Waals surface area contributed by atoms with Crippen LogP contribution in [0.5, 0.6) is 5.75 Å². The fourth-order valence-corrected chi connectivity index (χ4v) is 3.08. The minimum absolute atomic E-state index is 0.765. The molecule has 18 heavy (non-hydrogen) atoms. The Morgan fingerprint density at radius 1 is 1.00 bits per heavy atom. The van der Waals surface area contributed by atoms with Gasteiger partial charge in [-0.25, -0.2) is 0 Å². The Morgan fingerprint density at radius 2 is 1.78 bits per heavy atom. The summed E-state index contributed by atoms with van der Waals surface area (Å²) in [5, 5.41) is 1.98. The maximum absolute atomic E-state index is 5.90. The van der Waals surface area contributed by atoms with Crippen molar-refractivity contribution in [3.63, 3.8) is 0 Å². The van der Waals surface area contributed by atoms with Crippen LogP contribution in [0.15, 0.2) is 48.5 Å². The van der Waals surface area contributed by atoms with Gasteiger partial charge in [-0.1, -0.05) is 23.7 Å². The topological polar surface area (TPSA) is 9.23 Å². The number of methoxy groups -OCH3 is 1. The third-order valence-corrected chi connectivity index (χ3v) is 4.27. The Balaban J connectivity index is 2.10. The molecule has 1 aromatic heterocycles. The Bertz CT molecular complexity index is 685. The van der Waals surface area contributed by atoms with Gasteiger partial charge in [0.1, 0.15) is 5.75 Å². The molecule has 0 N–H and O–H groups in total. The van der Waals surface area contributed by atoms with Gasteiger partial charge in [-0.05, 0) is 47.3 Å². The van der Waals surface area contributed by atoms with Crippen molar-refractivity contribution in [1.29, 1.82) is 0 Å². The molecule has 0 amide bonds. The van der Waals surface area contributed by atoms with Gasteiger partial charge in [0.2, 0.25) is 0 Å². The molecular formula is C15H11ClOS. The van der Waals surface area contributed by atoms with Crippen molar-refractivity contribution in [1.82, 2.24) is 0 Å². The van der Waals surface area contributed by atoms with Gasteiger partial charge >= 0.3 is 0 Å². The molecule has 0 aliphatic heterocycles. The van der Waals surface area contributed by atoms with Crippen molar-refractivity contribution >= 4 is 33.0 Å². The Morgan fingerprint density at radius 3 is 2.50 bits per heavy atom. The van der Waals surface area contributed by atoms with Crippen LogP contribution in [-0.2, 0) is 0 Å². The van der Waals surface area contributed by atoms with E-state index in [0.717, 1.165) is 10.8 Å². The first kappa shape index (κ1) is 11.6. The third-order valence-electron chi connectivity index (χ3n) is 2.85. The largest absolute Gasteiger partial charge is 0.497 e. The summed E-state index contributed by atoms with van der Waals surface area (Å²) < 4.78 is 6.50. The van der Waals surface area contributed by atoms with Crippen LogP contribution < -0.4 is 4.74 Å². The van der Waals surface area contributed by atoms with Crippen molar-refractivity contribution in [2.24, 2.45) is 0 Å². The molecule has 1 heterocycles. The number of rotatable bonds is 2. The summed E-state index contributed by atoms with van der Waals surface area (Å²) in [6, 6.07) is 16.3. The SMILES string of the molecule is COc1ccc2sc(-c3ccc(Cl)cc3)cc2c1. The van der Waals surface area contributed by atoms with Gasteiger partial charge in [-0.3, -0.25) is 0 Å². The van der Waals surface area contributed by atoms with Crippen LogP contribution in [0.4, 0.5) is 0 Å². The van der Waals surface area contributed by atoms with E-state index in [1.54, 1.807) is 18.4 Å². The second-order valence-corrected chi connectivity index (χ2v) is 5.54. The first-order valence-electron chi connectivity index (χ1n) is 5.60. The second-order valence-electron chi connectivity index (χ2n) is 4.02. The molecule has 2 aromatic carbocycles. The van der Waals surface area contributed by atoms with Gasteiger partial charge in [0.25, 0.3) is 0 Å². The summed E-state index contributed by atoms with van der Waals surface area (Å²) in [7, 11) is 1.69. The molecule has 0 aliphatic rings. The lowest BCUT2D eigenvalue weighted by atomic mass is 10.1. The molecule has 0 saturated heterocycles. The first-order chi connectivity index (χ1) is 8.76. The summed E-state index contributed by atoms with van der Waals surface area (Å²) in [5.74, 6) is 0.892. The van der Waals surface area contributed by atoms with Crippen LogP contribution in [0.25, 0.3) is 20.5 Å². The van der Waals surface area contributed by atoms with Crippen molar-refractivity contribution in [2.45, 2.75) is 0 Å².